The number of hydrogen-bond donors (Lipinski definition) is 0. The van der Waals surface area contributed by atoms with Crippen LogP contribution in [-0.2, 0) is 29.1 Å². The number of sulfonamides is 1. The average Bonchev–Trinajstić information content (AvgIpc) is 2.60. The lowest BCUT2D eigenvalue weighted by atomic mass is 9.98. The lowest BCUT2D eigenvalue weighted by molar-refractivity contribution is -0.164. The molecule has 1 aromatic carbocycles. The topological polar surface area (TPSA) is 90.0 Å². The lowest BCUT2D eigenvalue weighted by Gasteiger charge is -2.30. The Morgan fingerprint density at radius 3 is 2.32 bits per heavy atom. The fourth-order valence-corrected chi connectivity index (χ4v) is 4.11. The van der Waals surface area contributed by atoms with Crippen molar-refractivity contribution in [2.24, 2.45) is 5.92 Å². The summed E-state index contributed by atoms with van der Waals surface area (Å²) in [4.78, 5) is 23.7. The molecule has 0 aromatic heterocycles. The van der Waals surface area contributed by atoms with Gasteiger partial charge in [-0.15, -0.1) is 0 Å². The standard InChI is InChI=1S/C17H23NO6S/c1-13(2)24-16(19)12-23-17(20)14-8-10-18(11-9-14)25(21,22)15-6-4-3-5-7-15/h3-7,13-14H,8-12H2,1-2H3. The number of hydrogen-bond acceptors (Lipinski definition) is 6. The Morgan fingerprint density at radius 2 is 1.76 bits per heavy atom. The Hall–Kier alpha value is -1.93. The van der Waals surface area contributed by atoms with Crippen molar-refractivity contribution < 1.29 is 27.5 Å². The van der Waals surface area contributed by atoms with Gasteiger partial charge >= 0.3 is 11.9 Å². The molecule has 25 heavy (non-hydrogen) atoms. The first kappa shape index (κ1) is 19.4. The van der Waals surface area contributed by atoms with Gasteiger partial charge in [0.1, 0.15) is 0 Å². The monoisotopic (exact) mass is 369 g/mol. The van der Waals surface area contributed by atoms with E-state index in [4.69, 9.17) is 9.47 Å². The fraction of sp³-hybridized carbons (Fsp3) is 0.529. The van der Waals surface area contributed by atoms with E-state index in [0.29, 0.717) is 12.8 Å². The summed E-state index contributed by atoms with van der Waals surface area (Å²) in [7, 11) is -3.54. The molecule has 138 valence electrons. The van der Waals surface area contributed by atoms with Gasteiger partial charge in [0.25, 0.3) is 0 Å². The zero-order valence-corrected chi connectivity index (χ0v) is 15.2. The summed E-state index contributed by atoms with van der Waals surface area (Å²) in [5.41, 5.74) is 0. The minimum absolute atomic E-state index is 0.243. The number of carbonyl (C=O) groups excluding carboxylic acids is 2. The second kappa shape index (κ2) is 8.44. The lowest BCUT2D eigenvalue weighted by Crippen LogP contribution is -2.40. The van der Waals surface area contributed by atoms with Crippen molar-refractivity contribution in [2.45, 2.75) is 37.7 Å². The largest absolute Gasteiger partial charge is 0.460 e. The molecule has 1 heterocycles. The van der Waals surface area contributed by atoms with Crippen molar-refractivity contribution in [3.05, 3.63) is 30.3 Å². The predicted molar refractivity (Wildman–Crippen MR) is 90.1 cm³/mol. The van der Waals surface area contributed by atoms with Crippen LogP contribution >= 0.6 is 0 Å². The number of esters is 2. The maximum atomic E-state index is 12.5. The molecule has 0 saturated carbocycles. The van der Waals surface area contributed by atoms with Gasteiger partial charge in [0, 0.05) is 13.1 Å². The quantitative estimate of drug-likeness (QED) is 0.707. The van der Waals surface area contributed by atoms with Gasteiger partial charge in [0.15, 0.2) is 6.61 Å². The SMILES string of the molecule is CC(C)OC(=O)COC(=O)C1CCN(S(=O)(=O)c2ccccc2)CC1. The molecule has 0 spiro atoms. The molecule has 0 unspecified atom stereocenters. The molecule has 0 amide bonds. The van der Waals surface area contributed by atoms with Crippen LogP contribution in [0.1, 0.15) is 26.7 Å². The Balaban J connectivity index is 1.85. The molecule has 2 rings (SSSR count). The maximum absolute atomic E-state index is 12.5. The zero-order valence-electron chi connectivity index (χ0n) is 14.4. The molecule has 1 aliphatic rings. The van der Waals surface area contributed by atoms with E-state index in [1.54, 1.807) is 44.2 Å². The van der Waals surface area contributed by atoms with Gasteiger partial charge in [-0.3, -0.25) is 4.79 Å². The summed E-state index contributed by atoms with van der Waals surface area (Å²) < 4.78 is 36.3. The number of benzene rings is 1. The molecule has 8 heteroatoms. The molecule has 1 aromatic rings. The second-order valence-electron chi connectivity index (χ2n) is 6.14. The smallest absolute Gasteiger partial charge is 0.344 e. The molecule has 0 aliphatic carbocycles. The zero-order chi connectivity index (χ0) is 18.4. The Morgan fingerprint density at radius 1 is 1.16 bits per heavy atom. The second-order valence-corrected chi connectivity index (χ2v) is 8.08. The van der Waals surface area contributed by atoms with Crippen molar-refractivity contribution in [1.29, 1.82) is 0 Å². The predicted octanol–water partition coefficient (Wildman–Crippen LogP) is 1.58. The van der Waals surface area contributed by atoms with E-state index in [9.17, 15) is 18.0 Å². The third kappa shape index (κ3) is 5.27. The van der Waals surface area contributed by atoms with E-state index < -0.39 is 34.5 Å². The van der Waals surface area contributed by atoms with Crippen LogP contribution in [0.2, 0.25) is 0 Å². The van der Waals surface area contributed by atoms with E-state index in [0.717, 1.165) is 0 Å². The van der Waals surface area contributed by atoms with E-state index in [1.165, 1.54) is 4.31 Å². The van der Waals surface area contributed by atoms with Gasteiger partial charge in [0.05, 0.1) is 16.9 Å². The van der Waals surface area contributed by atoms with Crippen LogP contribution < -0.4 is 0 Å². The molecule has 0 N–H and O–H groups in total. The number of piperidine rings is 1. The van der Waals surface area contributed by atoms with Crippen LogP contribution in [0.15, 0.2) is 35.2 Å². The molecule has 0 radical (unpaired) electrons. The molecule has 0 atom stereocenters. The fourth-order valence-electron chi connectivity index (χ4n) is 2.62. The number of rotatable bonds is 6. The molecule has 1 aliphatic heterocycles. The van der Waals surface area contributed by atoms with Gasteiger partial charge in [-0.2, -0.15) is 4.31 Å². The maximum Gasteiger partial charge on any atom is 0.344 e. The Kier molecular flexibility index (Phi) is 6.55. The summed E-state index contributed by atoms with van der Waals surface area (Å²) in [6, 6.07) is 8.21. The highest BCUT2D eigenvalue weighted by atomic mass is 32.2. The third-order valence-electron chi connectivity index (χ3n) is 3.87. The highest BCUT2D eigenvalue weighted by Crippen LogP contribution is 2.24. The van der Waals surface area contributed by atoms with Crippen LogP contribution in [0.25, 0.3) is 0 Å². The average molecular weight is 369 g/mol. The van der Waals surface area contributed by atoms with Crippen molar-refractivity contribution in [3.63, 3.8) is 0 Å². The summed E-state index contributed by atoms with van der Waals surface area (Å²) in [6.07, 6.45) is 0.464. The van der Waals surface area contributed by atoms with Crippen LogP contribution in [-0.4, -0.2) is 50.5 Å². The molecule has 7 nitrogen and oxygen atoms in total. The van der Waals surface area contributed by atoms with Gasteiger partial charge in [0.2, 0.25) is 10.0 Å². The normalized spacial score (nSPS) is 16.6. The van der Waals surface area contributed by atoms with Gasteiger partial charge in [-0.25, -0.2) is 13.2 Å². The van der Waals surface area contributed by atoms with Crippen LogP contribution in [0.3, 0.4) is 0 Å². The molecular formula is C17H23NO6S. The van der Waals surface area contributed by atoms with E-state index in [2.05, 4.69) is 0 Å². The van der Waals surface area contributed by atoms with Gasteiger partial charge in [-0.05, 0) is 38.8 Å². The molecular weight excluding hydrogens is 346 g/mol. The van der Waals surface area contributed by atoms with Crippen LogP contribution in [0, 0.1) is 5.92 Å². The summed E-state index contributed by atoms with van der Waals surface area (Å²) >= 11 is 0. The van der Waals surface area contributed by atoms with E-state index in [1.807, 2.05) is 0 Å². The first-order chi connectivity index (χ1) is 11.8. The van der Waals surface area contributed by atoms with Crippen molar-refractivity contribution in [2.75, 3.05) is 19.7 Å². The summed E-state index contributed by atoms with van der Waals surface area (Å²) in [5.74, 6) is -1.49. The van der Waals surface area contributed by atoms with Crippen LogP contribution in [0.5, 0.6) is 0 Å². The van der Waals surface area contributed by atoms with Crippen LogP contribution in [0.4, 0.5) is 0 Å². The van der Waals surface area contributed by atoms with Gasteiger partial charge in [-0.1, -0.05) is 18.2 Å². The van der Waals surface area contributed by atoms with E-state index >= 15 is 0 Å². The first-order valence-corrected chi connectivity index (χ1v) is 9.66. The Bertz CT molecular complexity index is 693. The number of carbonyl (C=O) groups is 2. The number of nitrogens with zero attached hydrogens (tertiary/aromatic N) is 1. The third-order valence-corrected chi connectivity index (χ3v) is 5.78. The van der Waals surface area contributed by atoms with E-state index in [-0.39, 0.29) is 24.1 Å². The highest BCUT2D eigenvalue weighted by Gasteiger charge is 2.32. The molecule has 1 fully saturated rings. The summed E-state index contributed by atoms with van der Waals surface area (Å²) in [5, 5.41) is 0. The first-order valence-electron chi connectivity index (χ1n) is 8.22. The Labute approximate surface area is 148 Å². The van der Waals surface area contributed by atoms with Crippen molar-refractivity contribution in [3.8, 4) is 0 Å². The minimum atomic E-state index is -3.54. The molecule has 1 saturated heterocycles. The highest BCUT2D eigenvalue weighted by molar-refractivity contribution is 7.89. The molecule has 0 bridgehead atoms. The van der Waals surface area contributed by atoms with Gasteiger partial charge < -0.3 is 9.47 Å². The van der Waals surface area contributed by atoms with Crippen molar-refractivity contribution in [1.82, 2.24) is 4.31 Å². The van der Waals surface area contributed by atoms with Crippen molar-refractivity contribution >= 4 is 22.0 Å². The minimum Gasteiger partial charge on any atom is -0.460 e. The summed E-state index contributed by atoms with van der Waals surface area (Å²) in [6.45, 7) is 3.49. The number of ether oxygens (including phenoxy) is 2.